The number of hydrogen-bond donors (Lipinski definition) is 1. The molecule has 1 aromatic rings. The Balaban J connectivity index is 2.78. The number of carbonyl (C=O) groups is 1. The van der Waals surface area contributed by atoms with E-state index in [1.165, 1.54) is 18.2 Å². The second-order valence-corrected chi connectivity index (χ2v) is 4.43. The van der Waals surface area contributed by atoms with Crippen LogP contribution in [-0.2, 0) is 0 Å². The van der Waals surface area contributed by atoms with Crippen LogP contribution in [0.5, 0.6) is 0 Å². The van der Waals surface area contributed by atoms with E-state index in [2.05, 4.69) is 11.9 Å². The minimum atomic E-state index is -0.337. The van der Waals surface area contributed by atoms with Gasteiger partial charge in [-0.2, -0.15) is 0 Å². The monoisotopic (exact) mass is 319 g/mol. The Hall–Kier alpha value is -0.910. The first-order valence-electron chi connectivity index (χ1n) is 4.38. The van der Waals surface area contributed by atoms with E-state index in [4.69, 9.17) is 0 Å². The smallest absolute Gasteiger partial charge is 0.252 e. The molecule has 0 fully saturated rings. The highest BCUT2D eigenvalue weighted by Crippen LogP contribution is 2.13. The van der Waals surface area contributed by atoms with Gasteiger partial charge in [0.1, 0.15) is 5.82 Å². The normalized spacial score (nSPS) is 9.80. The third-order valence-electron chi connectivity index (χ3n) is 1.73. The maximum atomic E-state index is 12.8. The number of nitrogens with one attached hydrogen (secondary N) is 1. The van der Waals surface area contributed by atoms with E-state index in [1.54, 1.807) is 0 Å². The van der Waals surface area contributed by atoms with E-state index < -0.39 is 0 Å². The van der Waals surface area contributed by atoms with Crippen molar-refractivity contribution < 1.29 is 9.18 Å². The van der Waals surface area contributed by atoms with Crippen LogP contribution in [0.4, 0.5) is 4.39 Å². The molecule has 0 aliphatic rings. The zero-order chi connectivity index (χ0) is 11.4. The van der Waals surface area contributed by atoms with Crippen molar-refractivity contribution in [2.75, 3.05) is 6.54 Å². The molecule has 1 N–H and O–H groups in total. The van der Waals surface area contributed by atoms with Crippen LogP contribution in [0.2, 0.25) is 0 Å². The molecular formula is C11H11FINO. The zero-order valence-corrected chi connectivity index (χ0v) is 10.5. The Morgan fingerprint density at radius 3 is 2.80 bits per heavy atom. The lowest BCUT2D eigenvalue weighted by molar-refractivity contribution is 0.0956. The molecule has 0 aliphatic heterocycles. The fourth-order valence-corrected chi connectivity index (χ4v) is 1.72. The fraction of sp³-hybridized carbons (Fsp3) is 0.182. The number of benzene rings is 1. The predicted molar refractivity (Wildman–Crippen MR) is 66.3 cm³/mol. The molecule has 1 rings (SSSR count). The van der Waals surface area contributed by atoms with Gasteiger partial charge in [-0.1, -0.05) is 12.2 Å². The lowest BCUT2D eigenvalue weighted by atomic mass is 10.2. The van der Waals surface area contributed by atoms with Crippen LogP contribution in [0.3, 0.4) is 0 Å². The van der Waals surface area contributed by atoms with Crippen molar-refractivity contribution in [2.24, 2.45) is 0 Å². The third-order valence-corrected chi connectivity index (χ3v) is 2.62. The average molecular weight is 319 g/mol. The molecule has 0 saturated heterocycles. The minimum Gasteiger partial charge on any atom is -0.348 e. The van der Waals surface area contributed by atoms with Crippen molar-refractivity contribution in [2.45, 2.75) is 6.92 Å². The van der Waals surface area contributed by atoms with Crippen LogP contribution in [0.25, 0.3) is 0 Å². The number of carbonyl (C=O) groups excluding carboxylic acids is 1. The number of hydrogen-bond acceptors (Lipinski definition) is 1. The summed E-state index contributed by atoms with van der Waals surface area (Å²) in [5.74, 6) is -0.543. The highest BCUT2D eigenvalue weighted by atomic mass is 127. The van der Waals surface area contributed by atoms with E-state index in [0.717, 1.165) is 5.57 Å². The molecule has 1 amide bonds. The highest BCUT2D eigenvalue weighted by molar-refractivity contribution is 14.1. The second kappa shape index (κ2) is 5.25. The molecule has 1 aromatic carbocycles. The summed E-state index contributed by atoms with van der Waals surface area (Å²) in [4.78, 5) is 11.6. The Morgan fingerprint density at radius 2 is 2.27 bits per heavy atom. The zero-order valence-electron chi connectivity index (χ0n) is 8.31. The molecule has 0 aliphatic carbocycles. The van der Waals surface area contributed by atoms with Gasteiger partial charge in [-0.3, -0.25) is 4.79 Å². The minimum absolute atomic E-state index is 0.206. The first kappa shape index (κ1) is 12.2. The Labute approximate surface area is 102 Å². The molecule has 0 saturated carbocycles. The maximum absolute atomic E-state index is 12.8. The number of amides is 1. The topological polar surface area (TPSA) is 29.1 Å². The van der Waals surface area contributed by atoms with E-state index in [9.17, 15) is 9.18 Å². The number of rotatable bonds is 3. The molecule has 15 heavy (non-hydrogen) atoms. The van der Waals surface area contributed by atoms with Gasteiger partial charge in [-0.25, -0.2) is 4.39 Å². The summed E-state index contributed by atoms with van der Waals surface area (Å²) in [6, 6.07) is 4.08. The molecular weight excluding hydrogens is 308 g/mol. The summed E-state index contributed by atoms with van der Waals surface area (Å²) in [6.07, 6.45) is 0. The summed E-state index contributed by atoms with van der Waals surface area (Å²) in [7, 11) is 0. The summed E-state index contributed by atoms with van der Waals surface area (Å²) in [5.41, 5.74) is 1.36. The molecule has 0 bridgehead atoms. The van der Waals surface area contributed by atoms with Crippen molar-refractivity contribution in [1.29, 1.82) is 0 Å². The third kappa shape index (κ3) is 3.62. The van der Waals surface area contributed by atoms with Crippen LogP contribution >= 0.6 is 22.6 Å². The van der Waals surface area contributed by atoms with E-state index >= 15 is 0 Å². The lowest BCUT2D eigenvalue weighted by Crippen LogP contribution is -2.25. The summed E-state index contributed by atoms with van der Waals surface area (Å²) >= 11 is 1.94. The van der Waals surface area contributed by atoms with Gasteiger partial charge < -0.3 is 5.32 Å². The molecule has 0 heterocycles. The Morgan fingerprint density at radius 1 is 1.60 bits per heavy atom. The molecule has 0 unspecified atom stereocenters. The molecule has 2 nitrogen and oxygen atoms in total. The Kier molecular flexibility index (Phi) is 4.26. The van der Waals surface area contributed by atoms with Crippen molar-refractivity contribution in [3.63, 3.8) is 0 Å². The molecule has 80 valence electrons. The maximum Gasteiger partial charge on any atom is 0.252 e. The van der Waals surface area contributed by atoms with Gasteiger partial charge in [-0.15, -0.1) is 0 Å². The molecule has 0 atom stereocenters. The lowest BCUT2D eigenvalue weighted by Gasteiger charge is -2.06. The van der Waals surface area contributed by atoms with Crippen molar-refractivity contribution >= 4 is 28.5 Å². The number of halogens is 2. The quantitative estimate of drug-likeness (QED) is 0.674. The molecule has 4 heteroatoms. The van der Waals surface area contributed by atoms with Crippen molar-refractivity contribution in [3.05, 3.63) is 45.3 Å². The first-order valence-corrected chi connectivity index (χ1v) is 5.46. The molecule has 0 radical (unpaired) electrons. The van der Waals surface area contributed by atoms with Crippen LogP contribution in [0, 0.1) is 9.39 Å². The van der Waals surface area contributed by atoms with Gasteiger partial charge >= 0.3 is 0 Å². The predicted octanol–water partition coefficient (Wildman–Crippen LogP) is 2.74. The van der Waals surface area contributed by atoms with Crippen LogP contribution in [0.1, 0.15) is 17.3 Å². The standard InChI is InChI=1S/C11H11FINO/c1-7(2)6-14-11(15)9-4-3-8(12)5-10(9)13/h3-5H,1,6H2,2H3,(H,14,15). The van der Waals surface area contributed by atoms with Crippen LogP contribution < -0.4 is 5.32 Å². The van der Waals surface area contributed by atoms with E-state index in [-0.39, 0.29) is 11.7 Å². The molecule has 0 aromatic heterocycles. The average Bonchev–Trinajstić information content (AvgIpc) is 2.14. The Bertz CT molecular complexity index is 404. The van der Waals surface area contributed by atoms with E-state index in [1.807, 2.05) is 29.5 Å². The van der Waals surface area contributed by atoms with Crippen molar-refractivity contribution in [1.82, 2.24) is 5.32 Å². The van der Waals surface area contributed by atoms with Gasteiger partial charge in [0.2, 0.25) is 0 Å². The van der Waals surface area contributed by atoms with Gasteiger partial charge in [-0.05, 0) is 47.7 Å². The van der Waals surface area contributed by atoms with Gasteiger partial charge in [0.25, 0.3) is 5.91 Å². The van der Waals surface area contributed by atoms with Gasteiger partial charge in [0, 0.05) is 10.1 Å². The second-order valence-electron chi connectivity index (χ2n) is 3.26. The largest absolute Gasteiger partial charge is 0.348 e. The SMILES string of the molecule is C=C(C)CNC(=O)c1ccc(F)cc1I. The fourth-order valence-electron chi connectivity index (χ4n) is 1.00. The summed E-state index contributed by atoms with van der Waals surface area (Å²) in [6.45, 7) is 5.95. The van der Waals surface area contributed by atoms with Crippen LogP contribution in [0.15, 0.2) is 30.4 Å². The van der Waals surface area contributed by atoms with Gasteiger partial charge in [0.05, 0.1) is 5.56 Å². The highest BCUT2D eigenvalue weighted by Gasteiger charge is 2.09. The van der Waals surface area contributed by atoms with E-state index in [0.29, 0.717) is 15.7 Å². The van der Waals surface area contributed by atoms with Crippen LogP contribution in [-0.4, -0.2) is 12.5 Å². The summed E-state index contributed by atoms with van der Waals surface area (Å²) < 4.78 is 13.4. The molecule has 0 spiro atoms. The van der Waals surface area contributed by atoms with Crippen molar-refractivity contribution in [3.8, 4) is 0 Å². The summed E-state index contributed by atoms with van der Waals surface area (Å²) in [5, 5.41) is 2.69. The van der Waals surface area contributed by atoms with Gasteiger partial charge in [0.15, 0.2) is 0 Å². The first-order chi connectivity index (χ1) is 7.00.